The largest absolute Gasteiger partial charge is 0.465 e. The topological polar surface area (TPSA) is 80.3 Å². The number of nitrogens with one attached hydrogen (secondary N) is 2. The third-order valence-electron chi connectivity index (χ3n) is 3.06. The molecule has 1 aromatic rings. The van der Waals surface area contributed by atoms with Crippen molar-refractivity contribution < 1.29 is 14.3 Å². The summed E-state index contributed by atoms with van der Waals surface area (Å²) in [5.41, 5.74) is 0.857. The highest BCUT2D eigenvalue weighted by Crippen LogP contribution is 2.38. The van der Waals surface area contributed by atoms with Gasteiger partial charge in [0.15, 0.2) is 5.13 Å². The second-order valence-corrected chi connectivity index (χ2v) is 5.66. The number of esters is 1. The Morgan fingerprint density at radius 3 is 2.95 bits per heavy atom. The average molecular weight is 297 g/mol. The molecule has 110 valence electrons. The fourth-order valence-electron chi connectivity index (χ4n) is 2.18. The van der Waals surface area contributed by atoms with Crippen LogP contribution in [-0.2, 0) is 20.7 Å². The minimum absolute atomic E-state index is 0.0455. The Bertz CT molecular complexity index is 501. The van der Waals surface area contributed by atoms with E-state index in [-0.39, 0.29) is 17.8 Å². The smallest absolute Gasteiger partial charge is 0.315 e. The molecule has 1 aliphatic rings. The van der Waals surface area contributed by atoms with Gasteiger partial charge in [0, 0.05) is 24.9 Å². The van der Waals surface area contributed by atoms with Crippen LogP contribution in [0.3, 0.4) is 0 Å². The van der Waals surface area contributed by atoms with Gasteiger partial charge in [-0.05, 0) is 19.8 Å². The number of nitrogens with zero attached hydrogens (tertiary/aromatic N) is 1. The molecule has 1 aromatic heterocycles. The first-order valence-corrected chi connectivity index (χ1v) is 7.58. The summed E-state index contributed by atoms with van der Waals surface area (Å²) in [6, 6.07) is 0. The quantitative estimate of drug-likeness (QED) is 0.611. The van der Waals surface area contributed by atoms with Gasteiger partial charge in [-0.3, -0.25) is 9.59 Å². The van der Waals surface area contributed by atoms with Crippen LogP contribution < -0.4 is 10.6 Å². The summed E-state index contributed by atoms with van der Waals surface area (Å²) in [5.74, 6) is -0.441. The molecule has 0 fully saturated rings. The molecule has 1 atom stereocenters. The first kappa shape index (κ1) is 14.8. The Kier molecular flexibility index (Phi) is 4.94. The highest BCUT2D eigenvalue weighted by atomic mass is 32.1. The van der Waals surface area contributed by atoms with Gasteiger partial charge < -0.3 is 15.4 Å². The number of hydrogen-bond donors (Lipinski definition) is 2. The Balaban J connectivity index is 1.91. The molecule has 1 aliphatic carbocycles. The molecule has 2 N–H and O–H groups in total. The van der Waals surface area contributed by atoms with Gasteiger partial charge >= 0.3 is 5.97 Å². The molecular formula is C13H19N3O3S. The zero-order valence-corrected chi connectivity index (χ0v) is 12.5. The van der Waals surface area contributed by atoms with Crippen LogP contribution in [0.5, 0.6) is 0 Å². The molecule has 1 heterocycles. The van der Waals surface area contributed by atoms with Gasteiger partial charge in [0.05, 0.1) is 12.3 Å². The van der Waals surface area contributed by atoms with Crippen molar-refractivity contribution in [3.05, 3.63) is 10.6 Å². The van der Waals surface area contributed by atoms with E-state index in [2.05, 4.69) is 15.6 Å². The summed E-state index contributed by atoms with van der Waals surface area (Å²) < 4.78 is 5.07. The number of hydrogen-bond acceptors (Lipinski definition) is 6. The van der Waals surface area contributed by atoms with E-state index in [1.807, 2.05) is 6.92 Å². The normalized spacial score (nSPS) is 16.6. The van der Waals surface area contributed by atoms with Gasteiger partial charge in [-0.2, -0.15) is 0 Å². The zero-order valence-electron chi connectivity index (χ0n) is 11.7. The summed E-state index contributed by atoms with van der Waals surface area (Å²) >= 11 is 1.58. The Labute approximate surface area is 121 Å². The highest BCUT2D eigenvalue weighted by molar-refractivity contribution is 7.15. The summed E-state index contributed by atoms with van der Waals surface area (Å²) in [6.45, 7) is 4.87. The number of fused-ring (bicyclic) bond motifs is 1. The SMILES string of the molecule is CCOC(=O)C1CCc2sc(NCCNC(C)=O)nc21. The van der Waals surface area contributed by atoms with Crippen LogP contribution in [0.25, 0.3) is 0 Å². The lowest BCUT2D eigenvalue weighted by Gasteiger charge is -2.08. The van der Waals surface area contributed by atoms with Crippen LogP contribution in [0, 0.1) is 0 Å². The van der Waals surface area contributed by atoms with Crippen molar-refractivity contribution in [1.29, 1.82) is 0 Å². The maximum Gasteiger partial charge on any atom is 0.315 e. The summed E-state index contributed by atoms with van der Waals surface area (Å²) in [6.07, 6.45) is 1.67. The fraction of sp³-hybridized carbons (Fsp3) is 0.615. The van der Waals surface area contributed by atoms with E-state index in [1.54, 1.807) is 11.3 Å². The Morgan fingerprint density at radius 2 is 2.25 bits per heavy atom. The van der Waals surface area contributed by atoms with Gasteiger partial charge in [0.25, 0.3) is 0 Å². The van der Waals surface area contributed by atoms with Crippen LogP contribution in [0.1, 0.15) is 36.8 Å². The predicted molar refractivity (Wildman–Crippen MR) is 77.0 cm³/mol. The minimum Gasteiger partial charge on any atom is -0.465 e. The number of carbonyl (C=O) groups excluding carboxylic acids is 2. The van der Waals surface area contributed by atoms with Gasteiger partial charge in [0.1, 0.15) is 5.92 Å². The lowest BCUT2D eigenvalue weighted by molar-refractivity contribution is -0.145. The molecule has 0 radical (unpaired) electrons. The molecular weight excluding hydrogens is 278 g/mol. The molecule has 1 amide bonds. The third-order valence-corrected chi connectivity index (χ3v) is 4.15. The number of anilines is 1. The maximum absolute atomic E-state index is 11.8. The van der Waals surface area contributed by atoms with Gasteiger partial charge in [-0.15, -0.1) is 11.3 Å². The van der Waals surface area contributed by atoms with Gasteiger partial charge in [-0.25, -0.2) is 4.98 Å². The lowest BCUT2D eigenvalue weighted by Crippen LogP contribution is -2.26. The second kappa shape index (κ2) is 6.69. The van der Waals surface area contributed by atoms with Crippen LogP contribution in [-0.4, -0.2) is 36.6 Å². The Hall–Kier alpha value is -1.63. The monoisotopic (exact) mass is 297 g/mol. The molecule has 20 heavy (non-hydrogen) atoms. The van der Waals surface area contributed by atoms with Gasteiger partial charge in [0.2, 0.25) is 5.91 Å². The number of rotatable bonds is 6. The number of aromatic nitrogens is 1. The third kappa shape index (κ3) is 3.47. The molecule has 0 spiro atoms. The average Bonchev–Trinajstić information content (AvgIpc) is 2.94. The molecule has 6 nitrogen and oxygen atoms in total. The van der Waals surface area contributed by atoms with Crippen LogP contribution in [0.2, 0.25) is 0 Å². The molecule has 0 saturated carbocycles. The van der Waals surface area contributed by atoms with E-state index in [1.165, 1.54) is 6.92 Å². The van der Waals surface area contributed by atoms with Crippen molar-refractivity contribution in [3.63, 3.8) is 0 Å². The molecule has 7 heteroatoms. The number of ether oxygens (including phenoxy) is 1. The highest BCUT2D eigenvalue weighted by Gasteiger charge is 2.33. The van der Waals surface area contributed by atoms with Crippen molar-refractivity contribution in [3.8, 4) is 0 Å². The molecule has 0 aliphatic heterocycles. The number of thiazole rings is 1. The van der Waals surface area contributed by atoms with Crippen LogP contribution in [0.4, 0.5) is 5.13 Å². The first-order chi connectivity index (χ1) is 9.61. The second-order valence-electron chi connectivity index (χ2n) is 4.58. The maximum atomic E-state index is 11.8. The summed E-state index contributed by atoms with van der Waals surface area (Å²) in [7, 11) is 0. The van der Waals surface area contributed by atoms with Crippen molar-refractivity contribution >= 4 is 28.3 Å². The fourth-order valence-corrected chi connectivity index (χ4v) is 3.25. The van der Waals surface area contributed by atoms with Gasteiger partial charge in [-0.1, -0.05) is 0 Å². The van der Waals surface area contributed by atoms with E-state index in [0.29, 0.717) is 19.7 Å². The Morgan fingerprint density at radius 1 is 1.45 bits per heavy atom. The van der Waals surface area contributed by atoms with E-state index >= 15 is 0 Å². The minimum atomic E-state index is -0.216. The van der Waals surface area contributed by atoms with Crippen molar-refractivity contribution in [2.45, 2.75) is 32.6 Å². The number of amides is 1. The van der Waals surface area contributed by atoms with Crippen molar-refractivity contribution in [2.24, 2.45) is 0 Å². The lowest BCUT2D eigenvalue weighted by atomic mass is 10.1. The van der Waals surface area contributed by atoms with E-state index in [4.69, 9.17) is 4.74 Å². The molecule has 0 aromatic carbocycles. The molecule has 0 bridgehead atoms. The van der Waals surface area contributed by atoms with Crippen molar-refractivity contribution in [2.75, 3.05) is 25.0 Å². The predicted octanol–water partition coefficient (Wildman–Crippen LogP) is 1.28. The standard InChI is InChI=1S/C13H19N3O3S/c1-3-19-12(18)9-4-5-10-11(9)16-13(20-10)15-7-6-14-8(2)17/h9H,3-7H2,1-2H3,(H,14,17)(H,15,16). The van der Waals surface area contributed by atoms with E-state index in [0.717, 1.165) is 28.5 Å². The molecule has 2 rings (SSSR count). The molecule has 1 unspecified atom stereocenters. The first-order valence-electron chi connectivity index (χ1n) is 6.76. The van der Waals surface area contributed by atoms with E-state index < -0.39 is 0 Å². The van der Waals surface area contributed by atoms with Crippen LogP contribution in [0.15, 0.2) is 0 Å². The number of aryl methyl sites for hydroxylation is 1. The van der Waals surface area contributed by atoms with Crippen LogP contribution >= 0.6 is 11.3 Å². The zero-order chi connectivity index (χ0) is 14.5. The molecule has 0 saturated heterocycles. The van der Waals surface area contributed by atoms with Crippen molar-refractivity contribution in [1.82, 2.24) is 10.3 Å². The summed E-state index contributed by atoms with van der Waals surface area (Å²) in [5, 5.41) is 6.67. The number of carbonyl (C=O) groups is 2. The summed E-state index contributed by atoms with van der Waals surface area (Å²) in [4.78, 5) is 28.2. The van der Waals surface area contributed by atoms with E-state index in [9.17, 15) is 9.59 Å².